The number of rotatable bonds is 4. The number of anilines is 1. The van der Waals surface area contributed by atoms with Crippen molar-refractivity contribution < 1.29 is 4.79 Å². The van der Waals surface area contributed by atoms with Gasteiger partial charge in [0, 0.05) is 21.1 Å². The van der Waals surface area contributed by atoms with Crippen molar-refractivity contribution in [1.82, 2.24) is 18.7 Å². The Morgan fingerprint density at radius 3 is 2.41 bits per heavy atom. The second-order valence-corrected chi connectivity index (χ2v) is 6.90. The molecule has 3 rings (SSSR count). The molecular weight excluding hydrogens is 370 g/mol. The maximum Gasteiger partial charge on any atom is 0.332 e. The van der Waals surface area contributed by atoms with Crippen LogP contribution in [0.2, 0.25) is 0 Å². The van der Waals surface area contributed by atoms with Gasteiger partial charge in [-0.25, -0.2) is 9.78 Å². The molecule has 0 amide bonds. The van der Waals surface area contributed by atoms with E-state index in [0.717, 1.165) is 20.9 Å². The first-order valence-electron chi connectivity index (χ1n) is 7.91. The molecule has 10 heteroatoms. The first kappa shape index (κ1) is 18.6. The minimum Gasteiger partial charge on any atom is -0.384 e. The Hall–Kier alpha value is -3.14. The summed E-state index contributed by atoms with van der Waals surface area (Å²) in [7, 11) is 4.23. The molecule has 3 aromatic rings. The van der Waals surface area contributed by atoms with Crippen molar-refractivity contribution >= 4 is 34.3 Å². The molecule has 0 unspecified atom stereocenters. The summed E-state index contributed by atoms with van der Waals surface area (Å²) in [5.74, 6) is -0.888. The molecule has 0 bridgehead atoms. The topological polar surface area (TPSA) is 122 Å². The third-order valence-electron chi connectivity index (χ3n) is 4.26. The van der Waals surface area contributed by atoms with Crippen molar-refractivity contribution in [2.45, 2.75) is 5.16 Å². The van der Waals surface area contributed by atoms with Crippen molar-refractivity contribution in [1.29, 1.82) is 0 Å². The smallest absolute Gasteiger partial charge is 0.332 e. The minimum atomic E-state index is -0.749. The first-order valence-corrected chi connectivity index (χ1v) is 8.89. The number of nitrogens with zero attached hydrogens (tertiary/aromatic N) is 4. The molecule has 0 aliphatic carbocycles. The third kappa shape index (κ3) is 3.08. The fraction of sp³-hybridized carbons (Fsp3) is 0.235. The fourth-order valence-electron chi connectivity index (χ4n) is 2.65. The van der Waals surface area contributed by atoms with Crippen LogP contribution in [-0.2, 0) is 21.1 Å². The molecule has 9 nitrogen and oxygen atoms in total. The monoisotopic (exact) mass is 387 g/mol. The highest BCUT2D eigenvalue weighted by Crippen LogP contribution is 2.18. The highest BCUT2D eigenvalue weighted by molar-refractivity contribution is 7.99. The Labute approximate surface area is 157 Å². The van der Waals surface area contributed by atoms with Crippen LogP contribution in [0, 0.1) is 0 Å². The largest absolute Gasteiger partial charge is 0.384 e. The number of Topliss-reactive ketones (excluding diaryl/α,β-unsaturated/α-hetero) is 1. The van der Waals surface area contributed by atoms with Gasteiger partial charge in [-0.2, -0.15) is 0 Å². The zero-order valence-corrected chi connectivity index (χ0v) is 15.7. The van der Waals surface area contributed by atoms with E-state index < -0.39 is 17.0 Å². The van der Waals surface area contributed by atoms with E-state index in [4.69, 9.17) is 5.73 Å². The highest BCUT2D eigenvalue weighted by Gasteiger charge is 2.21. The number of ketones is 1. The Morgan fingerprint density at radius 1 is 1.04 bits per heavy atom. The molecule has 2 aromatic heterocycles. The zero-order chi connectivity index (χ0) is 19.9. The van der Waals surface area contributed by atoms with Crippen LogP contribution in [0.25, 0.3) is 10.9 Å². The van der Waals surface area contributed by atoms with E-state index in [1.165, 1.54) is 18.7 Å². The van der Waals surface area contributed by atoms with Gasteiger partial charge in [-0.3, -0.25) is 28.1 Å². The number of benzene rings is 1. The van der Waals surface area contributed by atoms with Gasteiger partial charge in [0.2, 0.25) is 0 Å². The summed E-state index contributed by atoms with van der Waals surface area (Å²) in [6.45, 7) is 0. The molecule has 0 saturated carbocycles. The Morgan fingerprint density at radius 2 is 1.70 bits per heavy atom. The van der Waals surface area contributed by atoms with Gasteiger partial charge in [-0.05, 0) is 12.1 Å². The van der Waals surface area contributed by atoms with Crippen LogP contribution in [0.5, 0.6) is 0 Å². The number of hydrogen-bond donors (Lipinski definition) is 1. The summed E-state index contributed by atoms with van der Waals surface area (Å²) in [6.07, 6.45) is 0. The number of aromatic nitrogens is 4. The van der Waals surface area contributed by atoms with Gasteiger partial charge in [0.25, 0.3) is 11.1 Å². The predicted octanol–water partition coefficient (Wildman–Crippen LogP) is -0.112. The molecule has 2 N–H and O–H groups in total. The van der Waals surface area contributed by atoms with Crippen molar-refractivity contribution in [2.75, 3.05) is 11.5 Å². The van der Waals surface area contributed by atoms with Crippen LogP contribution >= 0.6 is 11.8 Å². The van der Waals surface area contributed by atoms with E-state index in [2.05, 4.69) is 4.98 Å². The molecule has 140 valence electrons. The average Bonchev–Trinajstić information content (AvgIpc) is 2.66. The van der Waals surface area contributed by atoms with E-state index in [1.807, 2.05) is 0 Å². The Kier molecular flexibility index (Phi) is 4.75. The van der Waals surface area contributed by atoms with Crippen LogP contribution in [0.1, 0.15) is 10.4 Å². The number of nitrogen functional groups attached to an aromatic ring is 1. The molecule has 0 spiro atoms. The molecular formula is C17H17N5O4S. The number of fused-ring (bicyclic) bond motifs is 1. The number of para-hydroxylation sites is 1. The standard InChI is InChI=1S/C17H17N5O4S/c1-20-13(18)12(15(25)22(3)17(20)26)11(23)8-27-16-19-10-7-5-4-6-9(10)14(24)21(16)2/h4-7H,8,18H2,1-3H3. The molecule has 0 fully saturated rings. The number of thioether (sulfide) groups is 1. The average molecular weight is 387 g/mol. The number of hydrogen-bond acceptors (Lipinski definition) is 7. The molecule has 0 aliphatic rings. The molecule has 1 aromatic carbocycles. The van der Waals surface area contributed by atoms with Gasteiger partial charge in [0.1, 0.15) is 11.4 Å². The van der Waals surface area contributed by atoms with Crippen LogP contribution in [-0.4, -0.2) is 30.2 Å². The summed E-state index contributed by atoms with van der Waals surface area (Å²) in [4.78, 5) is 53.5. The summed E-state index contributed by atoms with van der Waals surface area (Å²) in [5, 5.41) is 0.819. The number of carbonyl (C=O) groups is 1. The third-order valence-corrected chi connectivity index (χ3v) is 5.29. The van der Waals surface area contributed by atoms with Crippen molar-refractivity contribution in [2.24, 2.45) is 21.1 Å². The van der Waals surface area contributed by atoms with Gasteiger partial charge in [-0.15, -0.1) is 0 Å². The van der Waals surface area contributed by atoms with E-state index >= 15 is 0 Å². The maximum absolute atomic E-state index is 12.6. The lowest BCUT2D eigenvalue weighted by Gasteiger charge is -2.11. The highest BCUT2D eigenvalue weighted by atomic mass is 32.2. The van der Waals surface area contributed by atoms with E-state index in [-0.39, 0.29) is 22.7 Å². The van der Waals surface area contributed by atoms with E-state index in [0.29, 0.717) is 16.1 Å². The van der Waals surface area contributed by atoms with Crippen LogP contribution < -0.4 is 22.5 Å². The SMILES string of the molecule is Cn1c(SCC(=O)c2c(N)n(C)c(=O)n(C)c2=O)nc2ccccc2c1=O. The summed E-state index contributed by atoms with van der Waals surface area (Å²) in [5.41, 5.74) is 4.48. The van der Waals surface area contributed by atoms with Gasteiger partial charge in [0.05, 0.1) is 16.7 Å². The van der Waals surface area contributed by atoms with Gasteiger partial charge in [0.15, 0.2) is 10.9 Å². The molecule has 27 heavy (non-hydrogen) atoms. The summed E-state index contributed by atoms with van der Waals surface area (Å²) in [6, 6.07) is 6.91. The molecule has 0 aliphatic heterocycles. The summed E-state index contributed by atoms with van der Waals surface area (Å²) >= 11 is 1.02. The Bertz CT molecular complexity index is 1260. The lowest BCUT2D eigenvalue weighted by molar-refractivity contribution is 0.102. The molecule has 0 saturated heterocycles. The van der Waals surface area contributed by atoms with Crippen LogP contribution in [0.15, 0.2) is 43.8 Å². The van der Waals surface area contributed by atoms with Crippen molar-refractivity contribution in [3.05, 3.63) is 61.0 Å². The summed E-state index contributed by atoms with van der Waals surface area (Å²) < 4.78 is 3.23. The van der Waals surface area contributed by atoms with Gasteiger partial charge >= 0.3 is 5.69 Å². The predicted molar refractivity (Wildman–Crippen MR) is 103 cm³/mol. The second-order valence-electron chi connectivity index (χ2n) is 5.95. The molecule has 2 heterocycles. The fourth-order valence-corrected chi connectivity index (χ4v) is 3.49. The second kappa shape index (κ2) is 6.88. The van der Waals surface area contributed by atoms with Crippen LogP contribution in [0.3, 0.4) is 0 Å². The molecule has 0 atom stereocenters. The molecule has 0 radical (unpaired) electrons. The number of carbonyl (C=O) groups excluding carboxylic acids is 1. The van der Waals surface area contributed by atoms with E-state index in [9.17, 15) is 19.2 Å². The van der Waals surface area contributed by atoms with E-state index in [1.54, 1.807) is 31.3 Å². The maximum atomic E-state index is 12.6. The Balaban J connectivity index is 1.97. The lowest BCUT2D eigenvalue weighted by atomic mass is 10.2. The normalized spacial score (nSPS) is 11.1. The van der Waals surface area contributed by atoms with Crippen LogP contribution in [0.4, 0.5) is 5.82 Å². The van der Waals surface area contributed by atoms with Crippen molar-refractivity contribution in [3.63, 3.8) is 0 Å². The van der Waals surface area contributed by atoms with Crippen molar-refractivity contribution in [3.8, 4) is 0 Å². The van der Waals surface area contributed by atoms with Gasteiger partial charge < -0.3 is 5.73 Å². The van der Waals surface area contributed by atoms with Gasteiger partial charge in [-0.1, -0.05) is 23.9 Å². The zero-order valence-electron chi connectivity index (χ0n) is 14.9. The lowest BCUT2D eigenvalue weighted by Crippen LogP contribution is -2.41. The first-order chi connectivity index (χ1) is 12.7. The minimum absolute atomic E-state index is 0.156. The number of nitrogens with two attached hydrogens (primary N) is 1. The quantitative estimate of drug-likeness (QED) is 0.376.